The summed E-state index contributed by atoms with van der Waals surface area (Å²) in [5, 5.41) is 98.1. The second-order valence-corrected chi connectivity index (χ2v) is 23.1. The molecule has 0 bridgehead atoms. The summed E-state index contributed by atoms with van der Waals surface area (Å²) in [7, 11) is 2.83. The molecule has 392 valence electrons. The Kier molecular flexibility index (Phi) is 14.2. The molecule has 6 fully saturated rings. The van der Waals surface area contributed by atoms with Crippen LogP contribution in [0, 0.1) is 50.2 Å². The highest BCUT2D eigenvalue weighted by Crippen LogP contribution is 2.76. The van der Waals surface area contributed by atoms with E-state index in [4.69, 9.17) is 33.2 Å². The van der Waals surface area contributed by atoms with E-state index in [0.29, 0.717) is 50.7 Å². The van der Waals surface area contributed by atoms with E-state index in [1.807, 2.05) is 6.92 Å². The van der Waals surface area contributed by atoms with Crippen molar-refractivity contribution in [2.45, 2.75) is 173 Å². The molecule has 70 heavy (non-hydrogen) atoms. The van der Waals surface area contributed by atoms with Gasteiger partial charge in [-0.25, -0.2) is 9.59 Å². The normalized spacial score (nSPS) is 46.4. The number of hydrogen-bond donors (Lipinski definition) is 9. The summed E-state index contributed by atoms with van der Waals surface area (Å²) in [5.41, 5.74) is -3.10. The Hall–Kier alpha value is -3.47. The second kappa shape index (κ2) is 18.8. The summed E-state index contributed by atoms with van der Waals surface area (Å²) >= 11 is 0. The fourth-order valence-corrected chi connectivity index (χ4v) is 14.9. The summed E-state index contributed by atoms with van der Waals surface area (Å²) in [5.74, 6) is -3.36. The number of ether oxygens (including phenoxy) is 7. The van der Waals surface area contributed by atoms with Crippen molar-refractivity contribution in [3.8, 4) is 11.5 Å². The number of hydrogen-bond acceptors (Lipinski definition) is 18. The van der Waals surface area contributed by atoms with Crippen molar-refractivity contribution in [2.24, 2.45) is 50.2 Å². The van der Waals surface area contributed by atoms with Gasteiger partial charge in [0.2, 0.25) is 6.29 Å². The van der Waals surface area contributed by atoms with E-state index < -0.39 is 131 Å². The average Bonchev–Trinajstić information content (AvgIpc) is 3.31. The number of methoxy groups -OCH3 is 2. The number of carboxylic acids is 1. The van der Waals surface area contributed by atoms with Gasteiger partial charge in [-0.2, -0.15) is 0 Å². The molecule has 0 spiro atoms. The third-order valence-corrected chi connectivity index (χ3v) is 19.2. The third kappa shape index (κ3) is 8.08. The van der Waals surface area contributed by atoms with Crippen LogP contribution in [0.2, 0.25) is 0 Å². The molecule has 0 aromatic heterocycles. The van der Waals surface area contributed by atoms with Crippen LogP contribution in [0.1, 0.15) is 110 Å². The Bertz CT molecular complexity index is 2180. The van der Waals surface area contributed by atoms with Gasteiger partial charge in [0.05, 0.1) is 45.2 Å². The molecule has 19 heteroatoms. The lowest BCUT2D eigenvalue weighted by atomic mass is 9.33. The van der Waals surface area contributed by atoms with Crippen molar-refractivity contribution in [3.63, 3.8) is 0 Å². The predicted molar refractivity (Wildman–Crippen MR) is 244 cm³/mol. The van der Waals surface area contributed by atoms with Gasteiger partial charge >= 0.3 is 17.9 Å². The zero-order chi connectivity index (χ0) is 51.3. The SMILES string of the molecule is COc1ccc(C(=O)OC2C(OC(=O)C34CCC(C)(C)CC3C3=CCC5C6(C)CCC(OC7OC(C(=O)O)C(O)C(O)C7O)C(C)(CO)C6CCC5(C)C3(C)CC4O)OC(CO)C(O)C2O)cc1OC. The third-order valence-electron chi connectivity index (χ3n) is 19.2. The quantitative estimate of drug-likeness (QED) is 0.0873. The van der Waals surface area contributed by atoms with Crippen LogP contribution in [-0.2, 0) is 33.3 Å². The van der Waals surface area contributed by atoms with Crippen LogP contribution < -0.4 is 9.47 Å². The average molecular weight is 991 g/mol. The van der Waals surface area contributed by atoms with Gasteiger partial charge in [-0.1, -0.05) is 53.2 Å². The van der Waals surface area contributed by atoms with Gasteiger partial charge in [0.1, 0.15) is 42.0 Å². The second-order valence-electron chi connectivity index (χ2n) is 23.1. The Labute approximate surface area is 408 Å². The molecular formula is C51H74O19. The molecule has 20 unspecified atom stereocenters. The monoisotopic (exact) mass is 990 g/mol. The zero-order valence-electron chi connectivity index (χ0n) is 41.4. The lowest BCUT2D eigenvalue weighted by molar-refractivity contribution is -0.327. The molecule has 0 radical (unpaired) electrons. The zero-order valence-corrected chi connectivity index (χ0v) is 41.4. The van der Waals surface area contributed by atoms with Crippen molar-refractivity contribution in [1.82, 2.24) is 0 Å². The molecule has 2 saturated heterocycles. The minimum atomic E-state index is -1.88. The first kappa shape index (κ1) is 52.8. The van der Waals surface area contributed by atoms with E-state index in [-0.39, 0.29) is 48.0 Å². The fourth-order valence-electron chi connectivity index (χ4n) is 14.9. The van der Waals surface area contributed by atoms with E-state index >= 15 is 4.79 Å². The number of aliphatic hydroxyl groups excluding tert-OH is 8. The van der Waals surface area contributed by atoms with Crippen LogP contribution in [0.15, 0.2) is 29.8 Å². The Morgan fingerprint density at radius 1 is 0.743 bits per heavy atom. The maximum absolute atomic E-state index is 15.3. The summed E-state index contributed by atoms with van der Waals surface area (Å²) in [6.45, 7) is 11.8. The Balaban J connectivity index is 1.09. The first-order valence-corrected chi connectivity index (χ1v) is 24.7. The summed E-state index contributed by atoms with van der Waals surface area (Å²) in [6, 6.07) is 4.27. The highest BCUT2D eigenvalue weighted by Gasteiger charge is 2.72. The topological polar surface area (TPSA) is 298 Å². The predicted octanol–water partition coefficient (Wildman–Crippen LogP) is 2.23. The summed E-state index contributed by atoms with van der Waals surface area (Å²) < 4.78 is 40.4. The molecular weight excluding hydrogens is 917 g/mol. The molecule has 9 N–H and O–H groups in total. The molecule has 7 aliphatic rings. The Morgan fingerprint density at radius 2 is 1.44 bits per heavy atom. The Morgan fingerprint density at radius 3 is 2.09 bits per heavy atom. The van der Waals surface area contributed by atoms with Gasteiger partial charge in [-0.05, 0) is 115 Å². The van der Waals surface area contributed by atoms with Gasteiger partial charge in [0, 0.05) is 5.41 Å². The molecule has 20 atom stereocenters. The van der Waals surface area contributed by atoms with Crippen LogP contribution in [-0.4, -0.2) is 165 Å². The number of fused-ring (bicyclic) bond motifs is 7. The molecule has 5 aliphatic carbocycles. The van der Waals surface area contributed by atoms with Crippen LogP contribution in [0.5, 0.6) is 11.5 Å². The number of carboxylic acid groups (broad SMARTS) is 1. The van der Waals surface area contributed by atoms with Crippen LogP contribution in [0.25, 0.3) is 0 Å². The highest BCUT2D eigenvalue weighted by molar-refractivity contribution is 5.90. The maximum atomic E-state index is 15.3. The first-order chi connectivity index (χ1) is 32.8. The number of carbonyl (C=O) groups excluding carboxylic acids is 2. The minimum Gasteiger partial charge on any atom is -0.493 e. The van der Waals surface area contributed by atoms with Crippen molar-refractivity contribution in [1.29, 1.82) is 0 Å². The largest absolute Gasteiger partial charge is 0.493 e. The van der Waals surface area contributed by atoms with Gasteiger partial charge in [0.25, 0.3) is 0 Å². The van der Waals surface area contributed by atoms with Crippen molar-refractivity contribution in [3.05, 3.63) is 35.4 Å². The van der Waals surface area contributed by atoms with Gasteiger partial charge < -0.3 is 79.1 Å². The van der Waals surface area contributed by atoms with Crippen LogP contribution in [0.3, 0.4) is 0 Å². The smallest absolute Gasteiger partial charge is 0.338 e. The number of carbonyl (C=O) groups is 3. The number of aliphatic carboxylic acids is 1. The maximum Gasteiger partial charge on any atom is 0.338 e. The van der Waals surface area contributed by atoms with Crippen LogP contribution >= 0.6 is 0 Å². The van der Waals surface area contributed by atoms with Gasteiger partial charge in [-0.3, -0.25) is 4.79 Å². The van der Waals surface area contributed by atoms with Crippen molar-refractivity contribution >= 4 is 17.9 Å². The highest BCUT2D eigenvalue weighted by atomic mass is 16.7. The molecule has 4 saturated carbocycles. The summed E-state index contributed by atoms with van der Waals surface area (Å²) in [6.07, 6.45) is -12.6. The molecule has 2 aliphatic heterocycles. The van der Waals surface area contributed by atoms with Gasteiger partial charge in [0.15, 0.2) is 30.0 Å². The number of aliphatic hydroxyl groups is 8. The molecule has 1 aromatic carbocycles. The van der Waals surface area contributed by atoms with Gasteiger partial charge in [-0.15, -0.1) is 0 Å². The number of benzene rings is 1. The lowest BCUT2D eigenvalue weighted by Gasteiger charge is -2.72. The summed E-state index contributed by atoms with van der Waals surface area (Å²) in [4.78, 5) is 40.8. The molecule has 8 rings (SSSR count). The molecule has 2 heterocycles. The van der Waals surface area contributed by atoms with E-state index in [0.717, 1.165) is 5.57 Å². The van der Waals surface area contributed by atoms with Crippen molar-refractivity contribution < 1.29 is 93.5 Å². The lowest BCUT2D eigenvalue weighted by Crippen LogP contribution is -2.69. The fraction of sp³-hybridized carbons (Fsp3) is 0.784. The van der Waals surface area contributed by atoms with E-state index in [2.05, 4.69) is 40.7 Å². The first-order valence-electron chi connectivity index (χ1n) is 24.7. The van der Waals surface area contributed by atoms with E-state index in [1.54, 1.807) is 0 Å². The number of rotatable bonds is 11. The van der Waals surface area contributed by atoms with E-state index in [1.165, 1.54) is 32.4 Å². The molecule has 19 nitrogen and oxygen atoms in total. The standard InChI is InChI=1S/C51H74O19/c1-46(2)17-18-51(45(63)70-44-40(36(57)34(55)29(22-52)66-44)68-42(62)24-9-11-27(64-7)28(19-24)65-8)26(20-46)25-10-12-31-47(3)15-14-33(67-43-38(59)35(56)37(58)39(69-43)41(60)61)48(4,23-53)30(47)13-16-49(31,5)50(25,6)21-32(51)54/h9-11,19,26,29-40,43-44,52-59H,12-18,20-23H2,1-8H3,(H,60,61). The number of esters is 2. The molecule has 0 amide bonds. The molecule has 1 aromatic rings. The van der Waals surface area contributed by atoms with E-state index in [9.17, 15) is 55.5 Å². The number of allylic oxidation sites excluding steroid dienone is 2. The van der Waals surface area contributed by atoms with Crippen molar-refractivity contribution in [2.75, 3.05) is 27.4 Å². The van der Waals surface area contributed by atoms with Crippen LogP contribution in [0.4, 0.5) is 0 Å². The minimum absolute atomic E-state index is 0.00281.